The predicted octanol–water partition coefficient (Wildman–Crippen LogP) is 4.08. The molecule has 0 aliphatic carbocycles. The quantitative estimate of drug-likeness (QED) is 0.342. The van der Waals surface area contributed by atoms with Gasteiger partial charge >= 0.3 is 0 Å². The average molecular weight is 381 g/mol. The molecule has 2 aromatic rings. The van der Waals surface area contributed by atoms with Crippen LogP contribution >= 0.6 is 23.4 Å². The summed E-state index contributed by atoms with van der Waals surface area (Å²) in [6.45, 7) is 7.60. The first-order chi connectivity index (χ1) is 11.9. The van der Waals surface area contributed by atoms with Gasteiger partial charge in [-0.05, 0) is 24.3 Å². The summed E-state index contributed by atoms with van der Waals surface area (Å²) in [7, 11) is 1.75. The van der Waals surface area contributed by atoms with Crippen LogP contribution in [0.2, 0.25) is 5.02 Å². The van der Waals surface area contributed by atoms with Crippen LogP contribution in [0, 0.1) is 0 Å². The van der Waals surface area contributed by atoms with E-state index in [0.29, 0.717) is 12.4 Å². The van der Waals surface area contributed by atoms with Crippen molar-refractivity contribution < 1.29 is 4.42 Å². The zero-order chi connectivity index (χ0) is 18.3. The van der Waals surface area contributed by atoms with Crippen molar-refractivity contribution in [1.82, 2.24) is 15.6 Å². The van der Waals surface area contributed by atoms with E-state index < -0.39 is 0 Å². The van der Waals surface area contributed by atoms with Crippen LogP contribution in [0.15, 0.2) is 44.8 Å². The van der Waals surface area contributed by atoms with Crippen LogP contribution < -0.4 is 10.6 Å². The number of aromatic nitrogens is 1. The van der Waals surface area contributed by atoms with E-state index in [0.717, 1.165) is 29.0 Å². The number of oxazole rings is 1. The number of nitrogens with zero attached hydrogens (tertiary/aromatic N) is 2. The SMILES string of the molecule is CN=C(NCCSc1ccc(Cl)cc1)NCc1ncc(C(C)(C)C)o1. The summed E-state index contributed by atoms with van der Waals surface area (Å²) in [6.07, 6.45) is 1.79. The molecule has 0 bridgehead atoms. The molecule has 1 aromatic heterocycles. The molecule has 5 nitrogen and oxygen atoms in total. The first kappa shape index (κ1) is 19.7. The van der Waals surface area contributed by atoms with Crippen molar-refractivity contribution in [3.05, 3.63) is 47.1 Å². The van der Waals surface area contributed by atoms with Crippen molar-refractivity contribution >= 4 is 29.3 Å². The Morgan fingerprint density at radius 3 is 2.56 bits per heavy atom. The highest BCUT2D eigenvalue weighted by Crippen LogP contribution is 2.22. The van der Waals surface area contributed by atoms with Gasteiger partial charge in [0.25, 0.3) is 0 Å². The van der Waals surface area contributed by atoms with Crippen molar-refractivity contribution in [2.24, 2.45) is 4.99 Å². The lowest BCUT2D eigenvalue weighted by molar-refractivity contribution is 0.379. The van der Waals surface area contributed by atoms with Crippen molar-refractivity contribution in [3.63, 3.8) is 0 Å². The highest BCUT2D eigenvalue weighted by Gasteiger charge is 2.19. The molecule has 0 aliphatic heterocycles. The number of halogens is 1. The van der Waals surface area contributed by atoms with Gasteiger partial charge in [0.1, 0.15) is 5.76 Å². The van der Waals surface area contributed by atoms with Gasteiger partial charge in [-0.3, -0.25) is 4.99 Å². The van der Waals surface area contributed by atoms with Gasteiger partial charge in [0.2, 0.25) is 5.89 Å². The average Bonchev–Trinajstić information content (AvgIpc) is 3.05. The summed E-state index contributed by atoms with van der Waals surface area (Å²) in [5.41, 5.74) is -0.0376. The maximum atomic E-state index is 5.89. The smallest absolute Gasteiger partial charge is 0.213 e. The minimum atomic E-state index is -0.0376. The Balaban J connectivity index is 1.72. The maximum absolute atomic E-state index is 5.89. The van der Waals surface area contributed by atoms with E-state index in [4.69, 9.17) is 16.0 Å². The fourth-order valence-corrected chi connectivity index (χ4v) is 2.88. The van der Waals surface area contributed by atoms with Crippen molar-refractivity contribution in [1.29, 1.82) is 0 Å². The number of rotatable bonds is 6. The molecule has 2 N–H and O–H groups in total. The number of thioether (sulfide) groups is 1. The summed E-state index contributed by atoms with van der Waals surface area (Å²) >= 11 is 7.65. The molecule has 2 rings (SSSR count). The second-order valence-electron chi connectivity index (χ2n) is 6.52. The number of aliphatic imine (C=N–C) groups is 1. The molecule has 1 heterocycles. The first-order valence-electron chi connectivity index (χ1n) is 8.16. The molecule has 0 atom stereocenters. The summed E-state index contributed by atoms with van der Waals surface area (Å²) in [5.74, 6) is 3.19. The summed E-state index contributed by atoms with van der Waals surface area (Å²) in [6, 6.07) is 7.85. The standard InChI is InChI=1S/C18H25ClN4OS/c1-18(2,3)15-11-22-16(24-15)12-23-17(20-4)21-9-10-25-14-7-5-13(19)6-8-14/h5-8,11H,9-10,12H2,1-4H3,(H2,20,21,23). The number of hydrogen-bond donors (Lipinski definition) is 2. The molecule has 1 aromatic carbocycles. The van der Waals surface area contributed by atoms with E-state index >= 15 is 0 Å². The Kier molecular flexibility index (Phi) is 7.20. The summed E-state index contributed by atoms with van der Waals surface area (Å²) < 4.78 is 5.76. The number of hydrogen-bond acceptors (Lipinski definition) is 4. The molecule has 0 radical (unpaired) electrons. The lowest BCUT2D eigenvalue weighted by atomic mass is 9.94. The molecule has 0 aliphatic rings. The molecular formula is C18H25ClN4OS. The van der Waals surface area contributed by atoms with Gasteiger partial charge in [0.15, 0.2) is 5.96 Å². The van der Waals surface area contributed by atoms with E-state index in [9.17, 15) is 0 Å². The molecule has 0 spiro atoms. The van der Waals surface area contributed by atoms with Crippen LogP contribution in [-0.2, 0) is 12.0 Å². The van der Waals surface area contributed by atoms with Crippen LogP contribution in [0.5, 0.6) is 0 Å². The fraction of sp³-hybridized carbons (Fsp3) is 0.444. The summed E-state index contributed by atoms with van der Waals surface area (Å²) in [5, 5.41) is 7.25. The molecule has 0 fully saturated rings. The van der Waals surface area contributed by atoms with E-state index in [2.05, 4.69) is 41.4 Å². The van der Waals surface area contributed by atoms with Crippen LogP contribution in [0.25, 0.3) is 0 Å². The first-order valence-corrected chi connectivity index (χ1v) is 9.53. The van der Waals surface area contributed by atoms with E-state index in [-0.39, 0.29) is 5.41 Å². The van der Waals surface area contributed by atoms with Crippen LogP contribution in [-0.4, -0.2) is 30.3 Å². The molecule has 0 saturated carbocycles. The van der Waals surface area contributed by atoms with Crippen molar-refractivity contribution in [3.8, 4) is 0 Å². The zero-order valence-corrected chi connectivity index (χ0v) is 16.7. The fourth-order valence-electron chi connectivity index (χ4n) is 1.99. The van der Waals surface area contributed by atoms with E-state index in [1.165, 1.54) is 4.90 Å². The molecule has 0 unspecified atom stereocenters. The second kappa shape index (κ2) is 9.15. The van der Waals surface area contributed by atoms with Gasteiger partial charge in [-0.2, -0.15) is 0 Å². The molecular weight excluding hydrogens is 356 g/mol. The molecule has 0 saturated heterocycles. The Bertz CT molecular complexity index is 692. The van der Waals surface area contributed by atoms with Gasteiger partial charge in [0.05, 0.1) is 12.7 Å². The highest BCUT2D eigenvalue weighted by atomic mass is 35.5. The molecule has 7 heteroatoms. The van der Waals surface area contributed by atoms with E-state index in [1.807, 2.05) is 24.3 Å². The van der Waals surface area contributed by atoms with Gasteiger partial charge in [-0.25, -0.2) is 4.98 Å². The topological polar surface area (TPSA) is 62.5 Å². The third-order valence-electron chi connectivity index (χ3n) is 3.40. The van der Waals surface area contributed by atoms with Gasteiger partial charge in [-0.1, -0.05) is 32.4 Å². The predicted molar refractivity (Wildman–Crippen MR) is 106 cm³/mol. The molecule has 0 amide bonds. The third-order valence-corrected chi connectivity index (χ3v) is 4.67. The minimum absolute atomic E-state index is 0.0376. The molecule has 136 valence electrons. The Hall–Kier alpha value is -1.66. The third kappa shape index (κ3) is 6.63. The lowest BCUT2D eigenvalue weighted by Crippen LogP contribution is -2.38. The normalized spacial score (nSPS) is 12.3. The monoisotopic (exact) mass is 380 g/mol. The Labute approximate surface area is 158 Å². The molecule has 25 heavy (non-hydrogen) atoms. The minimum Gasteiger partial charge on any atom is -0.443 e. The van der Waals surface area contributed by atoms with Crippen LogP contribution in [0.4, 0.5) is 0 Å². The van der Waals surface area contributed by atoms with Crippen LogP contribution in [0.3, 0.4) is 0 Å². The van der Waals surface area contributed by atoms with Crippen molar-refractivity contribution in [2.45, 2.75) is 37.6 Å². The van der Waals surface area contributed by atoms with Gasteiger partial charge in [0, 0.05) is 34.7 Å². The van der Waals surface area contributed by atoms with Gasteiger partial charge < -0.3 is 15.1 Å². The van der Waals surface area contributed by atoms with Gasteiger partial charge in [-0.15, -0.1) is 11.8 Å². The number of guanidine groups is 1. The second-order valence-corrected chi connectivity index (χ2v) is 8.13. The number of benzene rings is 1. The van der Waals surface area contributed by atoms with E-state index in [1.54, 1.807) is 25.0 Å². The van der Waals surface area contributed by atoms with Crippen molar-refractivity contribution in [2.75, 3.05) is 19.3 Å². The summed E-state index contributed by atoms with van der Waals surface area (Å²) in [4.78, 5) is 9.72. The maximum Gasteiger partial charge on any atom is 0.213 e. The number of nitrogens with one attached hydrogen (secondary N) is 2. The lowest BCUT2D eigenvalue weighted by Gasteiger charge is -2.13. The largest absolute Gasteiger partial charge is 0.443 e. The van der Waals surface area contributed by atoms with Crippen LogP contribution in [0.1, 0.15) is 32.4 Å². The zero-order valence-electron chi connectivity index (χ0n) is 15.1. The highest BCUT2D eigenvalue weighted by molar-refractivity contribution is 7.99. The Morgan fingerprint density at radius 2 is 1.96 bits per heavy atom. The Morgan fingerprint density at radius 1 is 1.24 bits per heavy atom.